The second-order valence-electron chi connectivity index (χ2n) is 4.09. The van der Waals surface area contributed by atoms with Crippen molar-refractivity contribution in [3.63, 3.8) is 0 Å². The Labute approximate surface area is 111 Å². The predicted molar refractivity (Wildman–Crippen MR) is 76.0 cm³/mol. The monoisotopic (exact) mass is 266 g/mol. The van der Waals surface area contributed by atoms with Crippen molar-refractivity contribution < 1.29 is 0 Å². The Bertz CT molecular complexity index is 460. The van der Waals surface area contributed by atoms with Gasteiger partial charge in [0.05, 0.1) is 16.7 Å². The molecule has 0 aliphatic rings. The van der Waals surface area contributed by atoms with E-state index in [0.29, 0.717) is 6.04 Å². The van der Waals surface area contributed by atoms with E-state index in [2.05, 4.69) is 48.6 Å². The number of nitrogens with one attached hydrogen (secondary N) is 1. The topological polar surface area (TPSA) is 24.9 Å². The number of aromatic nitrogens is 1. The molecule has 0 aliphatic carbocycles. The standard InChI is InChI=1S/C13H18N2S2/c1-4-7-14-12(11-6-5-8-16-11)13-9(2)15-10(3)17-13/h5-6,8,12,14H,4,7H2,1-3H3. The third kappa shape index (κ3) is 2.94. The van der Waals surface area contributed by atoms with Gasteiger partial charge in [0.25, 0.3) is 0 Å². The fourth-order valence-electron chi connectivity index (χ4n) is 1.88. The zero-order valence-electron chi connectivity index (χ0n) is 10.5. The van der Waals surface area contributed by atoms with Gasteiger partial charge in [-0.1, -0.05) is 13.0 Å². The van der Waals surface area contributed by atoms with Gasteiger partial charge in [-0.2, -0.15) is 0 Å². The molecule has 2 aromatic rings. The molecule has 0 aromatic carbocycles. The molecule has 17 heavy (non-hydrogen) atoms. The summed E-state index contributed by atoms with van der Waals surface area (Å²) in [4.78, 5) is 7.27. The Morgan fingerprint density at radius 2 is 2.24 bits per heavy atom. The minimum absolute atomic E-state index is 0.321. The van der Waals surface area contributed by atoms with E-state index in [4.69, 9.17) is 0 Å². The van der Waals surface area contributed by atoms with Gasteiger partial charge in [0.15, 0.2) is 0 Å². The SMILES string of the molecule is CCCNC(c1cccs1)c1sc(C)nc1C. The number of thiazole rings is 1. The van der Waals surface area contributed by atoms with Crippen LogP contribution in [0.1, 0.15) is 39.8 Å². The highest BCUT2D eigenvalue weighted by Gasteiger charge is 2.19. The number of hydrogen-bond donors (Lipinski definition) is 1. The fourth-order valence-corrected chi connectivity index (χ4v) is 3.79. The second kappa shape index (κ2) is 5.76. The zero-order chi connectivity index (χ0) is 12.3. The van der Waals surface area contributed by atoms with Crippen LogP contribution in [-0.4, -0.2) is 11.5 Å². The summed E-state index contributed by atoms with van der Waals surface area (Å²) >= 11 is 3.61. The van der Waals surface area contributed by atoms with E-state index in [1.165, 1.54) is 9.75 Å². The van der Waals surface area contributed by atoms with Crippen LogP contribution in [0.2, 0.25) is 0 Å². The van der Waals surface area contributed by atoms with Crippen molar-refractivity contribution in [2.45, 2.75) is 33.2 Å². The molecule has 92 valence electrons. The molecule has 1 atom stereocenters. The van der Waals surface area contributed by atoms with Crippen LogP contribution in [0.4, 0.5) is 0 Å². The highest BCUT2D eigenvalue weighted by Crippen LogP contribution is 2.32. The number of rotatable bonds is 5. The predicted octanol–water partition coefficient (Wildman–Crippen LogP) is 3.91. The summed E-state index contributed by atoms with van der Waals surface area (Å²) in [6.07, 6.45) is 1.15. The van der Waals surface area contributed by atoms with Crippen molar-refractivity contribution in [3.05, 3.63) is 38.0 Å². The average Bonchev–Trinajstić information content (AvgIpc) is 2.90. The number of thiophene rings is 1. The normalized spacial score (nSPS) is 12.9. The smallest absolute Gasteiger partial charge is 0.0900 e. The Hall–Kier alpha value is -0.710. The zero-order valence-corrected chi connectivity index (χ0v) is 12.1. The van der Waals surface area contributed by atoms with Gasteiger partial charge in [-0.15, -0.1) is 22.7 Å². The van der Waals surface area contributed by atoms with E-state index < -0.39 is 0 Å². The lowest BCUT2D eigenvalue weighted by atomic mass is 10.1. The fraction of sp³-hybridized carbons (Fsp3) is 0.462. The van der Waals surface area contributed by atoms with Gasteiger partial charge in [-0.25, -0.2) is 4.98 Å². The van der Waals surface area contributed by atoms with E-state index in [1.54, 1.807) is 11.3 Å². The summed E-state index contributed by atoms with van der Waals surface area (Å²) in [6.45, 7) is 7.42. The Balaban J connectivity index is 2.30. The largest absolute Gasteiger partial charge is 0.305 e. The van der Waals surface area contributed by atoms with Gasteiger partial charge >= 0.3 is 0 Å². The summed E-state index contributed by atoms with van der Waals surface area (Å²) in [5.74, 6) is 0. The van der Waals surface area contributed by atoms with Gasteiger partial charge in [-0.05, 0) is 38.3 Å². The van der Waals surface area contributed by atoms with Gasteiger partial charge in [-0.3, -0.25) is 0 Å². The van der Waals surface area contributed by atoms with Crippen LogP contribution in [-0.2, 0) is 0 Å². The molecular weight excluding hydrogens is 248 g/mol. The summed E-state index contributed by atoms with van der Waals surface area (Å²) in [6, 6.07) is 4.64. The lowest BCUT2D eigenvalue weighted by Crippen LogP contribution is -2.22. The van der Waals surface area contributed by atoms with Gasteiger partial charge < -0.3 is 5.32 Å². The molecule has 0 fully saturated rings. The molecule has 4 heteroatoms. The lowest BCUT2D eigenvalue weighted by Gasteiger charge is -2.16. The Morgan fingerprint density at radius 3 is 2.76 bits per heavy atom. The molecule has 1 unspecified atom stereocenters. The summed E-state index contributed by atoms with van der Waals surface area (Å²) in [5.41, 5.74) is 1.16. The first-order chi connectivity index (χ1) is 8.22. The van der Waals surface area contributed by atoms with Crippen molar-refractivity contribution in [3.8, 4) is 0 Å². The second-order valence-corrected chi connectivity index (χ2v) is 6.30. The molecule has 0 bridgehead atoms. The average molecular weight is 266 g/mol. The van der Waals surface area contributed by atoms with Gasteiger partial charge in [0.2, 0.25) is 0 Å². The Morgan fingerprint density at radius 1 is 1.41 bits per heavy atom. The van der Waals surface area contributed by atoms with E-state index in [0.717, 1.165) is 23.7 Å². The number of hydrogen-bond acceptors (Lipinski definition) is 4. The minimum atomic E-state index is 0.321. The van der Waals surface area contributed by atoms with Crippen LogP contribution >= 0.6 is 22.7 Å². The lowest BCUT2D eigenvalue weighted by molar-refractivity contribution is 0.610. The molecule has 1 N–H and O–H groups in total. The van der Waals surface area contributed by atoms with Crippen molar-refractivity contribution in [2.75, 3.05) is 6.54 Å². The number of nitrogens with zero attached hydrogens (tertiary/aromatic N) is 1. The molecule has 0 saturated carbocycles. The molecule has 2 nitrogen and oxygen atoms in total. The molecule has 0 saturated heterocycles. The maximum atomic E-state index is 4.53. The van der Waals surface area contributed by atoms with Crippen LogP contribution in [0.15, 0.2) is 17.5 Å². The quantitative estimate of drug-likeness (QED) is 0.887. The maximum absolute atomic E-state index is 4.53. The minimum Gasteiger partial charge on any atom is -0.305 e. The first-order valence-electron chi connectivity index (χ1n) is 5.93. The van der Waals surface area contributed by atoms with Crippen LogP contribution in [0.3, 0.4) is 0 Å². The third-order valence-corrected chi connectivity index (χ3v) is 4.70. The van der Waals surface area contributed by atoms with E-state index >= 15 is 0 Å². The molecule has 2 rings (SSSR count). The van der Waals surface area contributed by atoms with E-state index in [9.17, 15) is 0 Å². The molecule has 0 aliphatic heterocycles. The molecule has 0 radical (unpaired) electrons. The maximum Gasteiger partial charge on any atom is 0.0900 e. The summed E-state index contributed by atoms with van der Waals surface area (Å²) < 4.78 is 0. The van der Waals surface area contributed by atoms with Crippen molar-refractivity contribution in [2.24, 2.45) is 0 Å². The van der Waals surface area contributed by atoms with Crippen LogP contribution in [0, 0.1) is 13.8 Å². The van der Waals surface area contributed by atoms with Gasteiger partial charge in [0, 0.05) is 9.75 Å². The third-order valence-electron chi connectivity index (χ3n) is 2.63. The van der Waals surface area contributed by atoms with Crippen molar-refractivity contribution >= 4 is 22.7 Å². The van der Waals surface area contributed by atoms with Crippen molar-refractivity contribution in [1.82, 2.24) is 10.3 Å². The molecule has 0 amide bonds. The van der Waals surface area contributed by atoms with Crippen LogP contribution < -0.4 is 5.32 Å². The van der Waals surface area contributed by atoms with E-state index in [1.807, 2.05) is 11.3 Å². The van der Waals surface area contributed by atoms with Crippen LogP contribution in [0.25, 0.3) is 0 Å². The highest BCUT2D eigenvalue weighted by atomic mass is 32.1. The molecule has 0 spiro atoms. The Kier molecular flexibility index (Phi) is 4.31. The van der Waals surface area contributed by atoms with Crippen LogP contribution in [0.5, 0.6) is 0 Å². The van der Waals surface area contributed by atoms with E-state index in [-0.39, 0.29) is 0 Å². The molecule has 2 aromatic heterocycles. The first kappa shape index (κ1) is 12.7. The molecular formula is C13H18N2S2. The highest BCUT2D eigenvalue weighted by molar-refractivity contribution is 7.12. The first-order valence-corrected chi connectivity index (χ1v) is 7.62. The summed E-state index contributed by atoms with van der Waals surface area (Å²) in [7, 11) is 0. The molecule has 2 heterocycles. The van der Waals surface area contributed by atoms with Gasteiger partial charge in [0.1, 0.15) is 0 Å². The summed E-state index contributed by atoms with van der Waals surface area (Å²) in [5, 5.41) is 6.91. The van der Waals surface area contributed by atoms with Crippen molar-refractivity contribution in [1.29, 1.82) is 0 Å². The number of aryl methyl sites for hydroxylation is 2.